The van der Waals surface area contributed by atoms with Crippen molar-refractivity contribution in [2.24, 2.45) is 5.92 Å². The molecular weight excluding hydrogens is 316 g/mol. The van der Waals surface area contributed by atoms with E-state index in [2.05, 4.69) is 29.8 Å². The Balaban J connectivity index is 1.78. The van der Waals surface area contributed by atoms with Crippen LogP contribution in [0.1, 0.15) is 36.4 Å². The van der Waals surface area contributed by atoms with Crippen LogP contribution in [0.25, 0.3) is 0 Å². The largest absolute Gasteiger partial charge is 0.273 e. The van der Waals surface area contributed by atoms with Crippen molar-refractivity contribution in [2.45, 2.75) is 47.1 Å². The lowest BCUT2D eigenvalue weighted by atomic mass is 10.0. The van der Waals surface area contributed by atoms with Crippen molar-refractivity contribution in [1.82, 2.24) is 20.6 Å². The van der Waals surface area contributed by atoms with Gasteiger partial charge in [-0.2, -0.15) is 5.10 Å². The van der Waals surface area contributed by atoms with Gasteiger partial charge in [-0.05, 0) is 43.4 Å². The van der Waals surface area contributed by atoms with Gasteiger partial charge in [-0.3, -0.25) is 25.1 Å². The minimum Gasteiger partial charge on any atom is -0.273 e. The molecule has 1 aromatic heterocycles. The van der Waals surface area contributed by atoms with Gasteiger partial charge in [0, 0.05) is 5.69 Å². The Hall–Kier alpha value is -2.63. The molecule has 0 aliphatic heterocycles. The second-order valence-corrected chi connectivity index (χ2v) is 6.77. The first-order valence-corrected chi connectivity index (χ1v) is 8.50. The number of aromatic nitrogens is 2. The lowest BCUT2D eigenvalue weighted by Gasteiger charge is -2.09. The molecule has 6 heteroatoms. The van der Waals surface area contributed by atoms with Gasteiger partial charge in [0.05, 0.1) is 12.1 Å². The summed E-state index contributed by atoms with van der Waals surface area (Å²) < 4.78 is 1.60. The highest BCUT2D eigenvalue weighted by Crippen LogP contribution is 2.10. The second kappa shape index (κ2) is 8.46. The molecule has 134 valence electrons. The first-order chi connectivity index (χ1) is 11.8. The summed E-state index contributed by atoms with van der Waals surface area (Å²) in [6.45, 7) is 8.18. The average Bonchev–Trinajstić information content (AvgIpc) is 2.84. The van der Waals surface area contributed by atoms with E-state index in [1.54, 1.807) is 4.68 Å². The Bertz CT molecular complexity index is 732. The van der Waals surface area contributed by atoms with E-state index in [1.807, 2.05) is 44.2 Å². The van der Waals surface area contributed by atoms with Crippen molar-refractivity contribution < 1.29 is 9.59 Å². The quantitative estimate of drug-likeness (QED) is 0.789. The highest BCUT2D eigenvalue weighted by molar-refractivity contribution is 5.83. The van der Waals surface area contributed by atoms with E-state index in [9.17, 15) is 9.59 Å². The molecule has 0 fully saturated rings. The number of carbonyl (C=O) groups is 2. The molecule has 0 radical (unpaired) electrons. The van der Waals surface area contributed by atoms with Crippen LogP contribution in [0.2, 0.25) is 0 Å². The highest BCUT2D eigenvalue weighted by Gasteiger charge is 2.09. The van der Waals surface area contributed by atoms with Crippen LogP contribution in [0.4, 0.5) is 0 Å². The molecule has 0 aliphatic carbocycles. The summed E-state index contributed by atoms with van der Waals surface area (Å²) in [6.07, 6.45) is 1.25. The lowest BCUT2D eigenvalue weighted by molar-refractivity contribution is -0.129. The third kappa shape index (κ3) is 6.06. The summed E-state index contributed by atoms with van der Waals surface area (Å²) >= 11 is 0. The van der Waals surface area contributed by atoms with E-state index >= 15 is 0 Å². The predicted molar refractivity (Wildman–Crippen MR) is 96.7 cm³/mol. The third-order valence-corrected chi connectivity index (χ3v) is 3.77. The molecule has 2 N–H and O–H groups in total. The number of hydrogen-bond donors (Lipinski definition) is 2. The highest BCUT2D eigenvalue weighted by atomic mass is 16.2. The van der Waals surface area contributed by atoms with E-state index in [1.165, 1.54) is 5.56 Å². The summed E-state index contributed by atoms with van der Waals surface area (Å²) in [7, 11) is 0. The Labute approximate surface area is 148 Å². The molecule has 2 aromatic rings. The van der Waals surface area contributed by atoms with Crippen LogP contribution < -0.4 is 10.9 Å². The van der Waals surface area contributed by atoms with Gasteiger partial charge in [-0.25, -0.2) is 0 Å². The van der Waals surface area contributed by atoms with Gasteiger partial charge in [-0.15, -0.1) is 0 Å². The maximum Gasteiger partial charge on any atom is 0.260 e. The molecule has 25 heavy (non-hydrogen) atoms. The molecular formula is C19H26N4O2. The van der Waals surface area contributed by atoms with E-state index in [4.69, 9.17) is 0 Å². The summed E-state index contributed by atoms with van der Waals surface area (Å²) in [5.41, 5.74) is 8.81. The van der Waals surface area contributed by atoms with E-state index in [-0.39, 0.29) is 24.8 Å². The standard InChI is InChI=1S/C19H26N4O2/c1-13(2)9-16-5-7-17(8-6-16)11-18(24)20-21-19(25)12-23-15(4)10-14(3)22-23/h5-8,10,13H,9,11-12H2,1-4H3,(H,20,24)(H,21,25). The Morgan fingerprint density at radius 2 is 1.64 bits per heavy atom. The zero-order chi connectivity index (χ0) is 18.4. The fourth-order valence-electron chi connectivity index (χ4n) is 2.64. The lowest BCUT2D eigenvalue weighted by Crippen LogP contribution is -2.44. The summed E-state index contributed by atoms with van der Waals surface area (Å²) in [5, 5.41) is 4.22. The number of nitrogens with zero attached hydrogens (tertiary/aromatic N) is 2. The molecule has 2 rings (SSSR count). The van der Waals surface area contributed by atoms with Gasteiger partial charge in [0.2, 0.25) is 5.91 Å². The van der Waals surface area contributed by atoms with Crippen molar-refractivity contribution in [3.8, 4) is 0 Å². The van der Waals surface area contributed by atoms with E-state index < -0.39 is 0 Å². The molecule has 0 saturated carbocycles. The van der Waals surface area contributed by atoms with Crippen molar-refractivity contribution in [2.75, 3.05) is 0 Å². The number of rotatable bonds is 6. The maximum absolute atomic E-state index is 12.0. The molecule has 2 amide bonds. The first-order valence-electron chi connectivity index (χ1n) is 8.50. The molecule has 0 saturated heterocycles. The number of amides is 2. The SMILES string of the molecule is Cc1cc(C)n(CC(=O)NNC(=O)Cc2ccc(CC(C)C)cc2)n1. The molecule has 1 aromatic carbocycles. The normalized spacial score (nSPS) is 10.8. The topological polar surface area (TPSA) is 76.0 Å². The van der Waals surface area contributed by atoms with Gasteiger partial charge in [0.1, 0.15) is 6.54 Å². The number of benzene rings is 1. The van der Waals surface area contributed by atoms with Crippen LogP contribution in [0, 0.1) is 19.8 Å². The second-order valence-electron chi connectivity index (χ2n) is 6.77. The Morgan fingerprint density at radius 3 is 2.20 bits per heavy atom. The van der Waals surface area contributed by atoms with Crippen LogP contribution in [-0.4, -0.2) is 21.6 Å². The van der Waals surface area contributed by atoms with E-state index in [0.29, 0.717) is 5.92 Å². The van der Waals surface area contributed by atoms with Crippen LogP contribution in [0.15, 0.2) is 30.3 Å². The number of hydrogen-bond acceptors (Lipinski definition) is 3. The van der Waals surface area contributed by atoms with Crippen molar-refractivity contribution >= 4 is 11.8 Å². The number of nitrogens with one attached hydrogen (secondary N) is 2. The molecule has 0 aliphatic rings. The van der Waals surface area contributed by atoms with Gasteiger partial charge in [0.15, 0.2) is 0 Å². The van der Waals surface area contributed by atoms with Crippen LogP contribution in [0.5, 0.6) is 0 Å². The van der Waals surface area contributed by atoms with E-state index in [0.717, 1.165) is 23.4 Å². The fourth-order valence-corrected chi connectivity index (χ4v) is 2.64. The number of hydrazine groups is 1. The van der Waals surface area contributed by atoms with Crippen molar-refractivity contribution in [3.63, 3.8) is 0 Å². The average molecular weight is 342 g/mol. The van der Waals surface area contributed by atoms with Crippen LogP contribution in [-0.2, 0) is 29.0 Å². The summed E-state index contributed by atoms with van der Waals surface area (Å²) in [4.78, 5) is 23.8. The van der Waals surface area contributed by atoms with Crippen LogP contribution in [0.3, 0.4) is 0 Å². The number of carbonyl (C=O) groups excluding carboxylic acids is 2. The third-order valence-electron chi connectivity index (χ3n) is 3.77. The minimum absolute atomic E-state index is 0.0733. The predicted octanol–water partition coefficient (Wildman–Crippen LogP) is 2.09. The zero-order valence-corrected chi connectivity index (χ0v) is 15.3. The minimum atomic E-state index is -0.313. The summed E-state index contributed by atoms with van der Waals surface area (Å²) in [6, 6.07) is 9.90. The van der Waals surface area contributed by atoms with Crippen LogP contribution >= 0.6 is 0 Å². The zero-order valence-electron chi connectivity index (χ0n) is 15.3. The first kappa shape index (κ1) is 18.7. The molecule has 1 heterocycles. The number of aryl methyl sites for hydroxylation is 2. The molecule has 0 spiro atoms. The van der Waals surface area contributed by atoms with Gasteiger partial charge in [-0.1, -0.05) is 38.1 Å². The molecule has 6 nitrogen and oxygen atoms in total. The Morgan fingerprint density at radius 1 is 1.04 bits per heavy atom. The summed E-state index contributed by atoms with van der Waals surface area (Å²) in [5.74, 6) is 0.0386. The van der Waals surface area contributed by atoms with Gasteiger partial charge >= 0.3 is 0 Å². The fraction of sp³-hybridized carbons (Fsp3) is 0.421. The Kier molecular flexibility index (Phi) is 6.33. The molecule has 0 bridgehead atoms. The van der Waals surface area contributed by atoms with Gasteiger partial charge in [0.25, 0.3) is 5.91 Å². The smallest absolute Gasteiger partial charge is 0.260 e. The monoisotopic (exact) mass is 342 g/mol. The molecule has 0 unspecified atom stereocenters. The maximum atomic E-state index is 12.0. The van der Waals surface area contributed by atoms with Crippen molar-refractivity contribution in [3.05, 3.63) is 52.8 Å². The van der Waals surface area contributed by atoms with Gasteiger partial charge < -0.3 is 0 Å². The molecule has 0 atom stereocenters. The van der Waals surface area contributed by atoms with Crippen molar-refractivity contribution in [1.29, 1.82) is 0 Å².